The second-order valence-corrected chi connectivity index (χ2v) is 6.31. The van der Waals surface area contributed by atoms with Gasteiger partial charge >= 0.3 is 0 Å². The molecule has 1 aromatic carbocycles. The highest BCUT2D eigenvalue weighted by Crippen LogP contribution is 2.49. The lowest BCUT2D eigenvalue weighted by atomic mass is 9.61. The van der Waals surface area contributed by atoms with Crippen molar-refractivity contribution in [3.63, 3.8) is 0 Å². The van der Waals surface area contributed by atoms with Gasteiger partial charge in [-0.1, -0.05) is 0 Å². The molecule has 120 valence electrons. The standard InChI is InChI=1S/C17H23NO4/c1-21-13-9-12(10-14(11-13)22-2)16(20)18-7-5-17(6-8-18)4-3-15(17)19/h9-11,15,19H,3-8H2,1-2H3. The van der Waals surface area contributed by atoms with Crippen molar-refractivity contribution in [2.75, 3.05) is 27.3 Å². The number of hydrogen-bond acceptors (Lipinski definition) is 4. The molecule has 1 spiro atoms. The zero-order valence-corrected chi connectivity index (χ0v) is 13.2. The summed E-state index contributed by atoms with van der Waals surface area (Å²) in [6, 6.07) is 5.24. The number of amides is 1. The first-order valence-electron chi connectivity index (χ1n) is 7.78. The van der Waals surface area contributed by atoms with Gasteiger partial charge in [0.15, 0.2) is 0 Å². The van der Waals surface area contributed by atoms with E-state index < -0.39 is 0 Å². The lowest BCUT2D eigenvalue weighted by molar-refractivity contribution is -0.0952. The first kappa shape index (κ1) is 15.2. The third-order valence-electron chi connectivity index (χ3n) is 5.27. The van der Waals surface area contributed by atoms with E-state index in [2.05, 4.69) is 0 Å². The maximum absolute atomic E-state index is 12.7. The summed E-state index contributed by atoms with van der Waals surface area (Å²) in [6.07, 6.45) is 3.59. The Hall–Kier alpha value is -1.75. The number of rotatable bonds is 3. The van der Waals surface area contributed by atoms with Gasteiger partial charge in [-0.25, -0.2) is 0 Å². The second kappa shape index (κ2) is 5.80. The van der Waals surface area contributed by atoms with E-state index >= 15 is 0 Å². The lowest BCUT2D eigenvalue weighted by Crippen LogP contribution is -2.53. The van der Waals surface area contributed by atoms with E-state index in [-0.39, 0.29) is 17.4 Å². The molecule has 0 bridgehead atoms. The summed E-state index contributed by atoms with van der Waals surface area (Å²) in [6.45, 7) is 1.41. The fourth-order valence-corrected chi connectivity index (χ4v) is 3.53. The van der Waals surface area contributed by atoms with Crippen molar-refractivity contribution in [3.05, 3.63) is 23.8 Å². The third-order valence-corrected chi connectivity index (χ3v) is 5.27. The van der Waals surface area contributed by atoms with Gasteiger partial charge in [-0.15, -0.1) is 0 Å². The molecule has 22 heavy (non-hydrogen) atoms. The monoisotopic (exact) mass is 305 g/mol. The van der Waals surface area contributed by atoms with Crippen molar-refractivity contribution in [2.24, 2.45) is 5.41 Å². The van der Waals surface area contributed by atoms with Gasteiger partial charge in [-0.05, 0) is 43.2 Å². The van der Waals surface area contributed by atoms with E-state index in [0.29, 0.717) is 30.2 Å². The number of nitrogens with zero attached hydrogens (tertiary/aromatic N) is 1. The van der Waals surface area contributed by atoms with Gasteiger partial charge < -0.3 is 19.5 Å². The molecule has 5 nitrogen and oxygen atoms in total. The minimum absolute atomic E-state index is 0.000799. The minimum atomic E-state index is -0.179. The van der Waals surface area contributed by atoms with E-state index in [1.165, 1.54) is 0 Å². The number of carbonyl (C=O) groups excluding carboxylic acids is 1. The molecular formula is C17H23NO4. The highest BCUT2D eigenvalue weighted by molar-refractivity contribution is 5.95. The van der Waals surface area contributed by atoms with Crippen LogP contribution in [0.15, 0.2) is 18.2 Å². The maximum atomic E-state index is 12.7. The highest BCUT2D eigenvalue weighted by atomic mass is 16.5. The Morgan fingerprint density at radius 1 is 1.14 bits per heavy atom. The third kappa shape index (κ3) is 2.54. The average Bonchev–Trinajstić information content (AvgIpc) is 2.59. The van der Waals surface area contributed by atoms with Gasteiger partial charge in [-0.3, -0.25) is 4.79 Å². The van der Waals surface area contributed by atoms with Crippen LogP contribution in [0.1, 0.15) is 36.0 Å². The quantitative estimate of drug-likeness (QED) is 0.929. The molecule has 1 aliphatic carbocycles. The first-order valence-corrected chi connectivity index (χ1v) is 7.78. The predicted octanol–water partition coefficient (Wildman–Crippen LogP) is 2.08. The number of aliphatic hydroxyl groups excluding tert-OH is 1. The van der Waals surface area contributed by atoms with Crippen LogP contribution in [-0.2, 0) is 0 Å². The molecule has 2 fully saturated rings. The van der Waals surface area contributed by atoms with Gasteiger partial charge in [-0.2, -0.15) is 0 Å². The Labute approximate surface area is 130 Å². The van der Waals surface area contributed by atoms with Crippen molar-refractivity contribution in [3.8, 4) is 11.5 Å². The summed E-state index contributed by atoms with van der Waals surface area (Å²) in [7, 11) is 3.15. The van der Waals surface area contributed by atoms with Crippen molar-refractivity contribution in [2.45, 2.75) is 31.8 Å². The topological polar surface area (TPSA) is 59.0 Å². The molecule has 1 aliphatic heterocycles. The predicted molar refractivity (Wildman–Crippen MR) is 82.4 cm³/mol. The fraction of sp³-hybridized carbons (Fsp3) is 0.588. The number of hydrogen-bond donors (Lipinski definition) is 1. The number of aliphatic hydroxyl groups is 1. The molecule has 5 heteroatoms. The molecule has 1 saturated heterocycles. The zero-order chi connectivity index (χ0) is 15.7. The lowest BCUT2D eigenvalue weighted by Gasteiger charge is -2.51. The molecule has 1 N–H and O–H groups in total. The van der Waals surface area contributed by atoms with Crippen LogP contribution in [0.25, 0.3) is 0 Å². The Bertz CT molecular complexity index is 542. The SMILES string of the molecule is COc1cc(OC)cc(C(=O)N2CCC3(CCC3O)CC2)c1. The van der Waals surface area contributed by atoms with Crippen LogP contribution < -0.4 is 9.47 Å². The van der Waals surface area contributed by atoms with Gasteiger partial charge in [0, 0.05) is 24.7 Å². The number of piperidine rings is 1. The van der Waals surface area contributed by atoms with E-state index in [0.717, 1.165) is 25.7 Å². The Morgan fingerprint density at radius 2 is 1.73 bits per heavy atom. The Morgan fingerprint density at radius 3 is 2.14 bits per heavy atom. The zero-order valence-electron chi connectivity index (χ0n) is 13.2. The van der Waals surface area contributed by atoms with E-state index in [4.69, 9.17) is 9.47 Å². The molecular weight excluding hydrogens is 282 g/mol. The summed E-state index contributed by atoms with van der Waals surface area (Å²) in [5.74, 6) is 1.23. The van der Waals surface area contributed by atoms with Gasteiger partial charge in [0.2, 0.25) is 0 Å². The van der Waals surface area contributed by atoms with E-state index in [1.54, 1.807) is 32.4 Å². The minimum Gasteiger partial charge on any atom is -0.497 e. The number of methoxy groups -OCH3 is 2. The number of benzene rings is 1. The molecule has 2 aliphatic rings. The number of likely N-dealkylation sites (tertiary alicyclic amines) is 1. The van der Waals surface area contributed by atoms with E-state index in [9.17, 15) is 9.90 Å². The molecule has 3 rings (SSSR count). The molecule has 1 amide bonds. The normalized spacial score (nSPS) is 23.0. The van der Waals surface area contributed by atoms with Crippen molar-refractivity contribution >= 4 is 5.91 Å². The van der Waals surface area contributed by atoms with Crippen LogP contribution >= 0.6 is 0 Å². The van der Waals surface area contributed by atoms with Crippen LogP contribution in [0.3, 0.4) is 0 Å². The average molecular weight is 305 g/mol. The van der Waals surface area contributed by atoms with E-state index in [1.807, 2.05) is 4.90 Å². The van der Waals surface area contributed by atoms with Crippen LogP contribution in [-0.4, -0.2) is 49.3 Å². The second-order valence-electron chi connectivity index (χ2n) is 6.31. The van der Waals surface area contributed by atoms with Crippen LogP contribution in [0.4, 0.5) is 0 Å². The molecule has 1 heterocycles. The summed E-state index contributed by atoms with van der Waals surface area (Å²) in [4.78, 5) is 14.6. The highest BCUT2D eigenvalue weighted by Gasteiger charge is 2.47. The molecule has 1 saturated carbocycles. The smallest absolute Gasteiger partial charge is 0.254 e. The summed E-state index contributed by atoms with van der Waals surface area (Å²) >= 11 is 0. The van der Waals surface area contributed by atoms with Crippen LogP contribution in [0, 0.1) is 5.41 Å². The molecule has 1 atom stereocenters. The first-order chi connectivity index (χ1) is 10.6. The Kier molecular flexibility index (Phi) is 4.00. The largest absolute Gasteiger partial charge is 0.497 e. The van der Waals surface area contributed by atoms with Gasteiger partial charge in [0.25, 0.3) is 5.91 Å². The Balaban J connectivity index is 1.72. The van der Waals surface area contributed by atoms with Crippen LogP contribution in [0.2, 0.25) is 0 Å². The van der Waals surface area contributed by atoms with Crippen molar-refractivity contribution in [1.82, 2.24) is 4.90 Å². The van der Waals surface area contributed by atoms with Crippen molar-refractivity contribution in [1.29, 1.82) is 0 Å². The van der Waals surface area contributed by atoms with Gasteiger partial charge in [0.05, 0.1) is 20.3 Å². The molecule has 1 unspecified atom stereocenters. The summed E-state index contributed by atoms with van der Waals surface area (Å²) in [5, 5.41) is 9.97. The molecule has 1 aromatic rings. The van der Waals surface area contributed by atoms with Crippen molar-refractivity contribution < 1.29 is 19.4 Å². The summed E-state index contributed by atoms with van der Waals surface area (Å²) in [5.41, 5.74) is 0.657. The fourth-order valence-electron chi connectivity index (χ4n) is 3.53. The molecule has 0 aromatic heterocycles. The molecule has 0 radical (unpaired) electrons. The maximum Gasteiger partial charge on any atom is 0.254 e. The number of carbonyl (C=O) groups is 1. The summed E-state index contributed by atoms with van der Waals surface area (Å²) < 4.78 is 10.4. The van der Waals surface area contributed by atoms with Gasteiger partial charge in [0.1, 0.15) is 11.5 Å². The number of ether oxygens (including phenoxy) is 2. The van der Waals surface area contributed by atoms with Crippen LogP contribution in [0.5, 0.6) is 11.5 Å².